The maximum absolute atomic E-state index is 12.5. The number of aryl methyl sites for hydroxylation is 1. The van der Waals surface area contributed by atoms with Crippen LogP contribution in [0.15, 0.2) is 47.4 Å². The number of carbonyl (C=O) groups is 1. The maximum Gasteiger partial charge on any atom is 0.416 e. The average Bonchev–Trinajstić information content (AvgIpc) is 2.57. The molecule has 0 aliphatic rings. The van der Waals surface area contributed by atoms with Gasteiger partial charge in [0.05, 0.1) is 11.3 Å². The monoisotopic (exact) mass is 380 g/mol. The van der Waals surface area contributed by atoms with Crippen LogP contribution in [-0.4, -0.2) is 23.4 Å². The van der Waals surface area contributed by atoms with E-state index < -0.39 is 24.3 Å². The molecule has 0 aliphatic carbocycles. The number of alkyl halides is 3. The van der Waals surface area contributed by atoms with Gasteiger partial charge < -0.3 is 9.84 Å². The second-order valence-electron chi connectivity index (χ2n) is 5.28. The van der Waals surface area contributed by atoms with Crippen molar-refractivity contribution in [1.29, 1.82) is 0 Å². The number of carboxylic acid groups (broad SMARTS) is 1. The van der Waals surface area contributed by atoms with Gasteiger partial charge in [-0.3, -0.25) is 0 Å². The van der Waals surface area contributed by atoms with Crippen molar-refractivity contribution >= 4 is 17.7 Å². The Morgan fingerprint density at radius 2 is 1.88 bits per heavy atom. The number of rotatable bonds is 5. The highest BCUT2D eigenvalue weighted by Gasteiger charge is 2.29. The van der Waals surface area contributed by atoms with E-state index >= 15 is 0 Å². The van der Waals surface area contributed by atoms with Crippen molar-refractivity contribution in [2.24, 2.45) is 0 Å². The molecule has 26 heavy (non-hydrogen) atoms. The fourth-order valence-corrected chi connectivity index (χ4v) is 2.75. The van der Waals surface area contributed by atoms with E-state index in [-0.39, 0.29) is 0 Å². The summed E-state index contributed by atoms with van der Waals surface area (Å²) < 4.78 is 42.6. The van der Waals surface area contributed by atoms with E-state index in [4.69, 9.17) is 9.84 Å². The lowest BCUT2D eigenvalue weighted by atomic mass is 10.1. The highest BCUT2D eigenvalue weighted by Crippen LogP contribution is 2.29. The van der Waals surface area contributed by atoms with Crippen LogP contribution in [0.2, 0.25) is 0 Å². The largest absolute Gasteiger partial charge is 0.482 e. The van der Waals surface area contributed by atoms with E-state index in [9.17, 15) is 18.0 Å². The van der Waals surface area contributed by atoms with Crippen LogP contribution >= 0.6 is 11.8 Å². The first-order chi connectivity index (χ1) is 12.3. The summed E-state index contributed by atoms with van der Waals surface area (Å²) in [4.78, 5) is 11.4. The number of thioether (sulfide) groups is 1. The number of carboxylic acids is 1. The van der Waals surface area contributed by atoms with E-state index in [1.54, 1.807) is 12.1 Å². The Labute approximate surface area is 153 Å². The SMILES string of the molecule is Cc1cc(SCC#Cc2ccc(C(F)(F)F)cc2)ccc1OCC(=O)O. The smallest absolute Gasteiger partial charge is 0.416 e. The third kappa shape index (κ3) is 6.05. The van der Waals surface area contributed by atoms with Crippen LogP contribution in [0.4, 0.5) is 13.2 Å². The summed E-state index contributed by atoms with van der Waals surface area (Å²) in [6.07, 6.45) is -4.35. The Bertz CT molecular complexity index is 834. The summed E-state index contributed by atoms with van der Waals surface area (Å²) in [6, 6.07) is 10.1. The van der Waals surface area contributed by atoms with Gasteiger partial charge in [0, 0.05) is 10.5 Å². The molecule has 0 saturated carbocycles. The molecule has 1 N–H and O–H groups in total. The van der Waals surface area contributed by atoms with Gasteiger partial charge in [0.1, 0.15) is 5.75 Å². The van der Waals surface area contributed by atoms with Crippen LogP contribution < -0.4 is 4.74 Å². The van der Waals surface area contributed by atoms with Gasteiger partial charge in [-0.2, -0.15) is 13.2 Å². The summed E-state index contributed by atoms with van der Waals surface area (Å²) in [5, 5.41) is 8.61. The zero-order valence-electron chi connectivity index (χ0n) is 13.8. The lowest BCUT2D eigenvalue weighted by Gasteiger charge is -2.08. The van der Waals surface area contributed by atoms with Crippen molar-refractivity contribution in [3.05, 3.63) is 59.2 Å². The third-order valence-electron chi connectivity index (χ3n) is 3.25. The van der Waals surface area contributed by atoms with Gasteiger partial charge in [0.2, 0.25) is 0 Å². The topological polar surface area (TPSA) is 46.5 Å². The molecule has 0 atom stereocenters. The molecule has 0 radical (unpaired) electrons. The summed E-state index contributed by atoms with van der Waals surface area (Å²) in [7, 11) is 0. The predicted molar refractivity (Wildman–Crippen MR) is 93.4 cm³/mol. The number of halogens is 3. The molecule has 136 valence electrons. The van der Waals surface area contributed by atoms with Crippen molar-refractivity contribution in [2.45, 2.75) is 18.0 Å². The van der Waals surface area contributed by atoms with E-state index in [0.717, 1.165) is 22.6 Å². The zero-order valence-corrected chi connectivity index (χ0v) is 14.6. The van der Waals surface area contributed by atoms with Gasteiger partial charge >= 0.3 is 12.1 Å². The predicted octanol–water partition coefficient (Wildman–Crippen LogP) is 4.62. The second kappa shape index (κ2) is 8.68. The molecule has 7 heteroatoms. The summed E-state index contributed by atoms with van der Waals surface area (Å²) in [5.41, 5.74) is 0.636. The van der Waals surface area contributed by atoms with Crippen LogP contribution in [0.25, 0.3) is 0 Å². The molecule has 0 saturated heterocycles. The van der Waals surface area contributed by atoms with Gasteiger partial charge in [0.15, 0.2) is 6.61 Å². The van der Waals surface area contributed by atoms with Crippen LogP contribution in [0.5, 0.6) is 5.75 Å². The van der Waals surface area contributed by atoms with Crippen molar-refractivity contribution in [2.75, 3.05) is 12.4 Å². The number of ether oxygens (including phenoxy) is 1. The standard InChI is InChI=1S/C19H15F3O3S/c1-13-11-16(8-9-17(13)25-12-18(23)24)26-10-2-3-14-4-6-15(7-5-14)19(20,21)22/h4-9,11H,10,12H2,1H3,(H,23,24). The first-order valence-electron chi connectivity index (χ1n) is 7.50. The van der Waals surface area contributed by atoms with Gasteiger partial charge in [-0.1, -0.05) is 11.8 Å². The molecule has 3 nitrogen and oxygen atoms in total. The molecule has 0 amide bonds. The van der Waals surface area contributed by atoms with Crippen molar-refractivity contribution in [3.8, 4) is 17.6 Å². The van der Waals surface area contributed by atoms with Gasteiger partial charge in [-0.25, -0.2) is 4.79 Å². The average molecular weight is 380 g/mol. The van der Waals surface area contributed by atoms with E-state index in [2.05, 4.69) is 11.8 Å². The third-order valence-corrected chi connectivity index (χ3v) is 4.13. The maximum atomic E-state index is 12.5. The Morgan fingerprint density at radius 1 is 1.19 bits per heavy atom. The summed E-state index contributed by atoms with van der Waals surface area (Å²) >= 11 is 1.47. The first-order valence-corrected chi connectivity index (χ1v) is 8.48. The quantitative estimate of drug-likeness (QED) is 0.607. The molecule has 0 spiro atoms. The molecule has 2 aromatic carbocycles. The number of hydrogen-bond acceptors (Lipinski definition) is 3. The fourth-order valence-electron chi connectivity index (χ4n) is 2.01. The molecule has 0 unspecified atom stereocenters. The van der Waals surface area contributed by atoms with Crippen LogP contribution in [-0.2, 0) is 11.0 Å². The normalized spacial score (nSPS) is 10.8. The minimum absolute atomic E-state index is 0.397. The summed E-state index contributed by atoms with van der Waals surface area (Å²) in [6.45, 7) is 1.42. The number of benzene rings is 2. The van der Waals surface area contributed by atoms with Crippen molar-refractivity contribution in [1.82, 2.24) is 0 Å². The molecular weight excluding hydrogens is 365 g/mol. The highest BCUT2D eigenvalue weighted by molar-refractivity contribution is 7.99. The fraction of sp³-hybridized carbons (Fsp3) is 0.211. The Kier molecular flexibility index (Phi) is 6.58. The molecule has 0 bridgehead atoms. The first kappa shape index (κ1) is 19.7. The lowest BCUT2D eigenvalue weighted by Crippen LogP contribution is -2.09. The Hall–Kier alpha value is -2.59. The molecule has 0 fully saturated rings. The Morgan fingerprint density at radius 3 is 2.46 bits per heavy atom. The lowest BCUT2D eigenvalue weighted by molar-refractivity contribution is -0.139. The highest BCUT2D eigenvalue weighted by atomic mass is 32.2. The zero-order chi connectivity index (χ0) is 19.2. The minimum Gasteiger partial charge on any atom is -0.482 e. The van der Waals surface area contributed by atoms with E-state index in [0.29, 0.717) is 17.1 Å². The Balaban J connectivity index is 1.91. The van der Waals surface area contributed by atoms with Gasteiger partial charge in [-0.15, -0.1) is 11.8 Å². The van der Waals surface area contributed by atoms with Crippen molar-refractivity contribution < 1.29 is 27.8 Å². The molecule has 2 aromatic rings. The second-order valence-corrected chi connectivity index (χ2v) is 6.32. The van der Waals surface area contributed by atoms with Gasteiger partial charge in [-0.05, 0) is 55.0 Å². The molecule has 0 aliphatic heterocycles. The van der Waals surface area contributed by atoms with E-state index in [1.807, 2.05) is 13.0 Å². The van der Waals surface area contributed by atoms with Crippen LogP contribution in [0, 0.1) is 18.8 Å². The molecule has 0 aromatic heterocycles. The molecular formula is C19H15F3O3S. The van der Waals surface area contributed by atoms with E-state index in [1.165, 1.54) is 23.9 Å². The van der Waals surface area contributed by atoms with Crippen LogP contribution in [0.3, 0.4) is 0 Å². The minimum atomic E-state index is -4.35. The van der Waals surface area contributed by atoms with Crippen LogP contribution in [0.1, 0.15) is 16.7 Å². The summed E-state index contributed by atoms with van der Waals surface area (Å²) in [5.74, 6) is 5.66. The number of aliphatic carboxylic acids is 1. The number of hydrogen-bond donors (Lipinski definition) is 1. The molecule has 2 rings (SSSR count). The van der Waals surface area contributed by atoms with Crippen molar-refractivity contribution in [3.63, 3.8) is 0 Å². The molecule has 0 heterocycles. The van der Waals surface area contributed by atoms with Gasteiger partial charge in [0.25, 0.3) is 0 Å².